The zero-order valence-corrected chi connectivity index (χ0v) is 13.5. The first-order chi connectivity index (χ1) is 12.1. The zero-order chi connectivity index (χ0) is 17.8. The van der Waals surface area contributed by atoms with E-state index in [2.05, 4.69) is 4.98 Å². The molecular weight excluding hydrogens is 319 g/mol. The molecule has 4 nitrogen and oxygen atoms in total. The SMILES string of the molecule is Cc1cc(-c2cccc(COc3ccc(F)cc3)c2)c(C#N)c(=O)[nH]1. The van der Waals surface area contributed by atoms with E-state index in [1.165, 1.54) is 12.1 Å². The minimum Gasteiger partial charge on any atom is -0.489 e. The summed E-state index contributed by atoms with van der Waals surface area (Å²) in [5, 5.41) is 9.27. The van der Waals surface area contributed by atoms with Crippen LogP contribution in [0.4, 0.5) is 4.39 Å². The van der Waals surface area contributed by atoms with E-state index in [0.717, 1.165) is 11.1 Å². The predicted molar refractivity (Wildman–Crippen MR) is 92.7 cm³/mol. The Balaban J connectivity index is 1.89. The molecule has 1 heterocycles. The number of ether oxygens (including phenoxy) is 1. The van der Waals surface area contributed by atoms with E-state index in [1.807, 2.05) is 30.3 Å². The highest BCUT2D eigenvalue weighted by atomic mass is 19.1. The summed E-state index contributed by atoms with van der Waals surface area (Å²) in [6, 6.07) is 17.0. The lowest BCUT2D eigenvalue weighted by Crippen LogP contribution is -2.12. The van der Waals surface area contributed by atoms with Gasteiger partial charge >= 0.3 is 0 Å². The number of nitriles is 1. The van der Waals surface area contributed by atoms with Crippen LogP contribution in [-0.2, 0) is 6.61 Å². The molecule has 0 saturated heterocycles. The number of H-pyrrole nitrogens is 1. The number of nitrogens with zero attached hydrogens (tertiary/aromatic N) is 1. The number of pyridine rings is 1. The van der Waals surface area contributed by atoms with Gasteiger partial charge in [0.1, 0.15) is 29.8 Å². The number of aromatic amines is 1. The number of halogens is 1. The third-order valence-corrected chi connectivity index (χ3v) is 3.74. The molecule has 1 aromatic heterocycles. The summed E-state index contributed by atoms with van der Waals surface area (Å²) >= 11 is 0. The van der Waals surface area contributed by atoms with Crippen LogP contribution in [0.2, 0.25) is 0 Å². The maximum absolute atomic E-state index is 12.9. The number of nitrogens with one attached hydrogen (secondary N) is 1. The summed E-state index contributed by atoms with van der Waals surface area (Å²) in [6.07, 6.45) is 0. The Morgan fingerprint density at radius 3 is 2.64 bits per heavy atom. The number of benzene rings is 2. The van der Waals surface area contributed by atoms with Crippen molar-refractivity contribution in [2.45, 2.75) is 13.5 Å². The molecule has 0 bridgehead atoms. The van der Waals surface area contributed by atoms with Crippen molar-refractivity contribution >= 4 is 0 Å². The summed E-state index contributed by atoms with van der Waals surface area (Å²) in [5.41, 5.74) is 2.61. The van der Waals surface area contributed by atoms with Crippen LogP contribution in [0.3, 0.4) is 0 Å². The Labute approximate surface area is 144 Å². The standard InChI is InChI=1S/C20H15FN2O2/c1-13-9-18(19(11-22)20(24)23-13)15-4-2-3-14(10-15)12-25-17-7-5-16(21)6-8-17/h2-10H,12H2,1H3,(H,23,24). The van der Waals surface area contributed by atoms with Gasteiger partial charge in [-0.2, -0.15) is 5.26 Å². The van der Waals surface area contributed by atoms with E-state index in [4.69, 9.17) is 4.74 Å². The molecule has 2 aromatic carbocycles. The second kappa shape index (κ2) is 7.02. The summed E-state index contributed by atoms with van der Waals surface area (Å²) < 4.78 is 18.6. The molecular formula is C20H15FN2O2. The summed E-state index contributed by atoms with van der Waals surface area (Å²) in [4.78, 5) is 14.6. The average molecular weight is 334 g/mol. The Morgan fingerprint density at radius 1 is 1.16 bits per heavy atom. The molecule has 0 radical (unpaired) electrons. The number of hydrogen-bond donors (Lipinski definition) is 1. The molecule has 124 valence electrons. The number of aromatic nitrogens is 1. The van der Waals surface area contributed by atoms with Crippen molar-refractivity contribution in [3.63, 3.8) is 0 Å². The van der Waals surface area contributed by atoms with Gasteiger partial charge in [0.2, 0.25) is 0 Å². The number of rotatable bonds is 4. The van der Waals surface area contributed by atoms with E-state index >= 15 is 0 Å². The van der Waals surface area contributed by atoms with Crippen LogP contribution in [0.15, 0.2) is 59.4 Å². The first-order valence-electron chi connectivity index (χ1n) is 7.68. The van der Waals surface area contributed by atoms with Crippen molar-refractivity contribution < 1.29 is 9.13 Å². The van der Waals surface area contributed by atoms with Gasteiger partial charge in [-0.15, -0.1) is 0 Å². The van der Waals surface area contributed by atoms with Crippen LogP contribution in [0, 0.1) is 24.1 Å². The molecule has 0 fully saturated rings. The van der Waals surface area contributed by atoms with E-state index in [0.29, 0.717) is 23.6 Å². The van der Waals surface area contributed by atoms with Gasteiger partial charge in [-0.05, 0) is 54.4 Å². The van der Waals surface area contributed by atoms with Crippen LogP contribution in [0.1, 0.15) is 16.8 Å². The molecule has 0 saturated carbocycles. The van der Waals surface area contributed by atoms with Crippen molar-refractivity contribution in [2.75, 3.05) is 0 Å². The van der Waals surface area contributed by atoms with Gasteiger partial charge in [0, 0.05) is 11.3 Å². The fourth-order valence-corrected chi connectivity index (χ4v) is 2.55. The van der Waals surface area contributed by atoms with Gasteiger partial charge in [-0.3, -0.25) is 4.79 Å². The summed E-state index contributed by atoms with van der Waals surface area (Å²) in [6.45, 7) is 2.07. The van der Waals surface area contributed by atoms with Crippen LogP contribution in [0.25, 0.3) is 11.1 Å². The largest absolute Gasteiger partial charge is 0.489 e. The minimum atomic E-state index is -0.398. The third-order valence-electron chi connectivity index (χ3n) is 3.74. The molecule has 0 amide bonds. The Morgan fingerprint density at radius 2 is 1.92 bits per heavy atom. The molecule has 3 aromatic rings. The maximum Gasteiger partial charge on any atom is 0.266 e. The highest BCUT2D eigenvalue weighted by Gasteiger charge is 2.10. The smallest absolute Gasteiger partial charge is 0.266 e. The van der Waals surface area contributed by atoms with Gasteiger partial charge in [-0.25, -0.2) is 4.39 Å². The lowest BCUT2D eigenvalue weighted by Gasteiger charge is -2.09. The van der Waals surface area contributed by atoms with Crippen molar-refractivity contribution in [1.29, 1.82) is 5.26 Å². The van der Waals surface area contributed by atoms with Crippen molar-refractivity contribution in [3.8, 4) is 22.9 Å². The van der Waals surface area contributed by atoms with E-state index in [9.17, 15) is 14.4 Å². The maximum atomic E-state index is 12.9. The van der Waals surface area contributed by atoms with Crippen molar-refractivity contribution in [3.05, 3.63) is 87.6 Å². The Kier molecular flexibility index (Phi) is 4.62. The molecule has 0 spiro atoms. The van der Waals surface area contributed by atoms with Gasteiger partial charge < -0.3 is 9.72 Å². The summed E-state index contributed by atoms with van der Waals surface area (Å²) in [7, 11) is 0. The predicted octanol–water partition coefficient (Wildman–Crippen LogP) is 3.94. The van der Waals surface area contributed by atoms with Gasteiger partial charge in [-0.1, -0.05) is 18.2 Å². The van der Waals surface area contributed by atoms with Gasteiger partial charge in [0.25, 0.3) is 5.56 Å². The lowest BCUT2D eigenvalue weighted by molar-refractivity contribution is 0.306. The van der Waals surface area contributed by atoms with Crippen molar-refractivity contribution in [2.24, 2.45) is 0 Å². The Bertz CT molecular complexity index is 1000. The van der Waals surface area contributed by atoms with Crippen LogP contribution in [0.5, 0.6) is 5.75 Å². The highest BCUT2D eigenvalue weighted by Crippen LogP contribution is 2.23. The van der Waals surface area contributed by atoms with Crippen molar-refractivity contribution in [1.82, 2.24) is 4.98 Å². The fourth-order valence-electron chi connectivity index (χ4n) is 2.55. The molecule has 0 aliphatic carbocycles. The van der Waals surface area contributed by atoms with Gasteiger partial charge in [0.15, 0.2) is 0 Å². The normalized spacial score (nSPS) is 10.3. The first-order valence-corrected chi connectivity index (χ1v) is 7.68. The Hall–Kier alpha value is -3.39. The summed E-state index contributed by atoms with van der Waals surface area (Å²) in [5.74, 6) is 0.250. The second-order valence-corrected chi connectivity index (χ2v) is 5.62. The van der Waals surface area contributed by atoms with Crippen LogP contribution >= 0.6 is 0 Å². The molecule has 0 unspecified atom stereocenters. The van der Waals surface area contributed by atoms with E-state index in [-0.39, 0.29) is 11.4 Å². The lowest BCUT2D eigenvalue weighted by atomic mass is 9.99. The minimum absolute atomic E-state index is 0.0854. The highest BCUT2D eigenvalue weighted by molar-refractivity contribution is 5.70. The molecule has 25 heavy (non-hydrogen) atoms. The van der Waals surface area contributed by atoms with Crippen LogP contribution in [-0.4, -0.2) is 4.98 Å². The van der Waals surface area contributed by atoms with E-state index in [1.54, 1.807) is 25.1 Å². The first kappa shape index (κ1) is 16.5. The van der Waals surface area contributed by atoms with Gasteiger partial charge in [0.05, 0.1) is 0 Å². The molecule has 1 N–H and O–H groups in total. The topological polar surface area (TPSA) is 65.9 Å². The molecule has 0 atom stereocenters. The monoisotopic (exact) mass is 334 g/mol. The third kappa shape index (κ3) is 3.75. The molecule has 5 heteroatoms. The zero-order valence-electron chi connectivity index (χ0n) is 13.5. The van der Waals surface area contributed by atoms with E-state index < -0.39 is 5.56 Å². The average Bonchev–Trinajstić information content (AvgIpc) is 2.61. The fraction of sp³-hybridized carbons (Fsp3) is 0.100. The molecule has 3 rings (SSSR count). The second-order valence-electron chi connectivity index (χ2n) is 5.62. The quantitative estimate of drug-likeness (QED) is 0.786. The molecule has 0 aliphatic rings. The molecule has 0 aliphatic heterocycles. The number of hydrogen-bond acceptors (Lipinski definition) is 3. The van der Waals surface area contributed by atoms with Crippen LogP contribution < -0.4 is 10.3 Å². The number of aryl methyl sites for hydroxylation is 1.